The lowest BCUT2D eigenvalue weighted by Gasteiger charge is -2.42. The normalized spacial score (nSPS) is 22.6. The highest BCUT2D eigenvalue weighted by atomic mass is 32.1. The van der Waals surface area contributed by atoms with Crippen molar-refractivity contribution < 1.29 is 14.9 Å². The molecule has 0 amide bonds. The summed E-state index contributed by atoms with van der Waals surface area (Å²) < 4.78 is 7.28. The summed E-state index contributed by atoms with van der Waals surface area (Å²) in [7, 11) is 0. The van der Waals surface area contributed by atoms with Crippen LogP contribution in [0.2, 0.25) is 0 Å². The van der Waals surface area contributed by atoms with E-state index in [4.69, 9.17) is 4.74 Å². The molecule has 2 aromatic carbocycles. The van der Waals surface area contributed by atoms with Crippen molar-refractivity contribution in [1.29, 1.82) is 0 Å². The topological polar surface area (TPSA) is 61.7 Å². The number of benzene rings is 2. The Morgan fingerprint density at radius 2 is 1.92 bits per heavy atom. The third-order valence-corrected chi connectivity index (χ3v) is 5.98. The SMILES string of the molecule is CC1(C)Oc2c(ccc3ccsc23)C(NCC(O)c2ccccc2)C1O. The first-order valence-corrected chi connectivity index (χ1v) is 9.69. The van der Waals surface area contributed by atoms with Crippen LogP contribution >= 0.6 is 11.3 Å². The van der Waals surface area contributed by atoms with E-state index in [0.717, 1.165) is 27.0 Å². The van der Waals surface area contributed by atoms with E-state index in [1.807, 2.05) is 55.6 Å². The van der Waals surface area contributed by atoms with E-state index < -0.39 is 17.8 Å². The van der Waals surface area contributed by atoms with Gasteiger partial charge in [0, 0.05) is 12.1 Å². The Kier molecular flexibility index (Phi) is 4.49. The molecule has 2 heterocycles. The molecule has 3 unspecified atom stereocenters. The molecular weight excluding hydrogens is 346 g/mol. The Bertz CT molecular complexity index is 906. The fraction of sp³-hybridized carbons (Fsp3) is 0.333. The highest BCUT2D eigenvalue weighted by Crippen LogP contribution is 2.45. The number of thiophene rings is 1. The molecule has 1 aliphatic rings. The van der Waals surface area contributed by atoms with Crippen molar-refractivity contribution in [3.63, 3.8) is 0 Å². The van der Waals surface area contributed by atoms with Gasteiger partial charge in [0.1, 0.15) is 17.5 Å². The van der Waals surface area contributed by atoms with E-state index in [-0.39, 0.29) is 6.04 Å². The average molecular weight is 369 g/mol. The number of nitrogens with one attached hydrogen (secondary N) is 1. The van der Waals surface area contributed by atoms with Crippen LogP contribution in [0.3, 0.4) is 0 Å². The van der Waals surface area contributed by atoms with Crippen molar-refractivity contribution in [2.45, 2.75) is 37.7 Å². The summed E-state index contributed by atoms with van der Waals surface area (Å²) in [5.41, 5.74) is 1.07. The first kappa shape index (κ1) is 17.5. The molecule has 0 aliphatic carbocycles. The monoisotopic (exact) mass is 369 g/mol. The van der Waals surface area contributed by atoms with Crippen LogP contribution in [0.25, 0.3) is 10.1 Å². The third kappa shape index (κ3) is 3.01. The van der Waals surface area contributed by atoms with Gasteiger partial charge in [0.15, 0.2) is 0 Å². The highest BCUT2D eigenvalue weighted by Gasteiger charge is 2.43. The number of hydrogen-bond acceptors (Lipinski definition) is 5. The minimum absolute atomic E-state index is 0.307. The first-order valence-electron chi connectivity index (χ1n) is 8.81. The molecule has 4 nitrogen and oxygen atoms in total. The molecule has 26 heavy (non-hydrogen) atoms. The number of fused-ring (bicyclic) bond motifs is 3. The third-order valence-electron chi connectivity index (χ3n) is 5.05. The summed E-state index contributed by atoms with van der Waals surface area (Å²) in [5.74, 6) is 0.833. The summed E-state index contributed by atoms with van der Waals surface area (Å²) in [4.78, 5) is 0. The summed E-state index contributed by atoms with van der Waals surface area (Å²) in [5, 5.41) is 27.9. The molecule has 3 atom stereocenters. The van der Waals surface area contributed by atoms with Crippen LogP contribution < -0.4 is 10.1 Å². The fourth-order valence-electron chi connectivity index (χ4n) is 3.52. The van der Waals surface area contributed by atoms with Gasteiger partial charge in [-0.2, -0.15) is 0 Å². The second-order valence-electron chi connectivity index (χ2n) is 7.29. The van der Waals surface area contributed by atoms with Gasteiger partial charge in [-0.15, -0.1) is 11.3 Å². The molecule has 1 aliphatic heterocycles. The number of hydrogen-bond donors (Lipinski definition) is 3. The van der Waals surface area contributed by atoms with Crippen LogP contribution in [-0.4, -0.2) is 28.5 Å². The number of ether oxygens (including phenoxy) is 1. The van der Waals surface area contributed by atoms with Gasteiger partial charge in [-0.3, -0.25) is 0 Å². The minimum Gasteiger partial charge on any atom is -0.483 e. The molecule has 5 heteroatoms. The number of rotatable bonds is 4. The zero-order valence-electron chi connectivity index (χ0n) is 14.8. The molecule has 0 bridgehead atoms. The number of aliphatic hydroxyl groups is 2. The first-order chi connectivity index (χ1) is 12.5. The van der Waals surface area contributed by atoms with E-state index in [1.165, 1.54) is 0 Å². The minimum atomic E-state index is -0.726. The maximum Gasteiger partial charge on any atom is 0.142 e. The Morgan fingerprint density at radius 1 is 1.15 bits per heavy atom. The van der Waals surface area contributed by atoms with Crippen LogP contribution in [0.1, 0.15) is 37.1 Å². The average Bonchev–Trinajstić information content (AvgIpc) is 3.12. The van der Waals surface area contributed by atoms with Crippen molar-refractivity contribution in [3.8, 4) is 5.75 Å². The standard InChI is InChI=1S/C21H23NO3S/c1-21(2)20(24)17(22-12-16(23)13-6-4-3-5-7-13)15-9-8-14-10-11-26-19(14)18(15)25-21/h3-11,16-17,20,22-24H,12H2,1-2H3. The maximum atomic E-state index is 10.9. The smallest absolute Gasteiger partial charge is 0.142 e. The lowest BCUT2D eigenvalue weighted by molar-refractivity contribution is -0.0649. The van der Waals surface area contributed by atoms with Crippen LogP contribution in [0.5, 0.6) is 5.75 Å². The molecular formula is C21H23NO3S. The molecule has 0 spiro atoms. The Hall–Kier alpha value is -1.92. The largest absolute Gasteiger partial charge is 0.483 e. The van der Waals surface area contributed by atoms with Crippen LogP contribution in [0, 0.1) is 0 Å². The predicted octanol–water partition coefficient (Wildman–Crippen LogP) is 3.80. The van der Waals surface area contributed by atoms with Gasteiger partial charge in [-0.05, 0) is 36.2 Å². The lowest BCUT2D eigenvalue weighted by Crippen LogP contribution is -2.53. The van der Waals surface area contributed by atoms with Crippen LogP contribution in [-0.2, 0) is 0 Å². The Balaban J connectivity index is 1.65. The number of aliphatic hydroxyl groups excluding tert-OH is 2. The van der Waals surface area contributed by atoms with E-state index in [2.05, 4.69) is 17.4 Å². The molecule has 136 valence electrons. The Morgan fingerprint density at radius 3 is 2.69 bits per heavy atom. The summed E-state index contributed by atoms with van der Waals surface area (Å²) in [6, 6.07) is 15.4. The molecule has 0 radical (unpaired) electrons. The quantitative estimate of drug-likeness (QED) is 0.655. The van der Waals surface area contributed by atoms with Gasteiger partial charge in [-0.25, -0.2) is 0 Å². The molecule has 0 fully saturated rings. The van der Waals surface area contributed by atoms with E-state index in [9.17, 15) is 10.2 Å². The van der Waals surface area contributed by atoms with Crippen molar-refractivity contribution >= 4 is 21.4 Å². The highest BCUT2D eigenvalue weighted by molar-refractivity contribution is 7.17. The fourth-order valence-corrected chi connectivity index (χ4v) is 4.41. The van der Waals surface area contributed by atoms with Crippen LogP contribution in [0.15, 0.2) is 53.9 Å². The lowest BCUT2D eigenvalue weighted by atomic mass is 9.86. The van der Waals surface area contributed by atoms with Gasteiger partial charge >= 0.3 is 0 Å². The van der Waals surface area contributed by atoms with Crippen molar-refractivity contribution in [2.24, 2.45) is 0 Å². The predicted molar refractivity (Wildman–Crippen MR) is 105 cm³/mol. The van der Waals surface area contributed by atoms with Crippen molar-refractivity contribution in [2.75, 3.05) is 6.54 Å². The zero-order chi connectivity index (χ0) is 18.3. The molecule has 0 saturated carbocycles. The molecule has 4 rings (SSSR count). The van der Waals surface area contributed by atoms with Gasteiger partial charge in [0.05, 0.1) is 16.8 Å². The van der Waals surface area contributed by atoms with E-state index in [0.29, 0.717) is 6.54 Å². The molecule has 3 N–H and O–H groups in total. The van der Waals surface area contributed by atoms with E-state index in [1.54, 1.807) is 11.3 Å². The van der Waals surface area contributed by atoms with Gasteiger partial charge < -0.3 is 20.3 Å². The maximum absolute atomic E-state index is 10.9. The summed E-state index contributed by atoms with van der Waals surface area (Å²) in [6.45, 7) is 4.15. The zero-order valence-corrected chi connectivity index (χ0v) is 15.7. The van der Waals surface area contributed by atoms with E-state index >= 15 is 0 Å². The van der Waals surface area contributed by atoms with Gasteiger partial charge in [0.2, 0.25) is 0 Å². The summed E-state index contributed by atoms with van der Waals surface area (Å²) >= 11 is 1.64. The Labute approximate surface area is 157 Å². The second kappa shape index (κ2) is 6.67. The molecule has 0 saturated heterocycles. The van der Waals surface area contributed by atoms with Crippen molar-refractivity contribution in [3.05, 3.63) is 65.0 Å². The van der Waals surface area contributed by atoms with Gasteiger partial charge in [-0.1, -0.05) is 42.5 Å². The second-order valence-corrected chi connectivity index (χ2v) is 8.20. The summed E-state index contributed by atoms with van der Waals surface area (Å²) in [6.07, 6.45) is -1.36. The molecule has 1 aromatic heterocycles. The van der Waals surface area contributed by atoms with Crippen molar-refractivity contribution in [1.82, 2.24) is 5.32 Å². The van der Waals surface area contributed by atoms with Gasteiger partial charge in [0.25, 0.3) is 0 Å². The molecule has 3 aromatic rings. The van der Waals surface area contributed by atoms with Crippen LogP contribution in [0.4, 0.5) is 0 Å².